The van der Waals surface area contributed by atoms with Gasteiger partial charge in [0, 0.05) is 37.8 Å². The molecule has 2 heterocycles. The lowest BCUT2D eigenvalue weighted by Gasteiger charge is -2.21. The molecule has 198 valence electrons. The molecule has 0 bridgehead atoms. The predicted molar refractivity (Wildman–Crippen MR) is 129 cm³/mol. The number of ether oxygens (including phenoxy) is 1. The summed E-state index contributed by atoms with van der Waals surface area (Å²) in [7, 11) is -3.83. The molecule has 0 spiro atoms. The average Bonchev–Trinajstić information content (AvgIpc) is 3.14. The molecule has 0 aliphatic carbocycles. The lowest BCUT2D eigenvalue weighted by atomic mass is 9.92. The Kier molecular flexibility index (Phi) is 7.60. The summed E-state index contributed by atoms with van der Waals surface area (Å²) in [6.07, 6.45) is -0.331. The Labute approximate surface area is 212 Å². The number of nitrogens with zero attached hydrogens (tertiary/aromatic N) is 2. The molecule has 4 rings (SSSR count). The van der Waals surface area contributed by atoms with Crippen LogP contribution in [0.3, 0.4) is 0 Å². The largest absolute Gasteiger partial charge is 0.573 e. The minimum Gasteiger partial charge on any atom is -0.406 e. The quantitative estimate of drug-likeness (QED) is 0.589. The monoisotopic (exact) mass is 537 g/mol. The van der Waals surface area contributed by atoms with E-state index in [0.29, 0.717) is 37.3 Å². The van der Waals surface area contributed by atoms with Gasteiger partial charge < -0.3 is 14.5 Å². The lowest BCUT2D eigenvalue weighted by molar-refractivity contribution is -0.274. The molecule has 0 radical (unpaired) electrons. The fourth-order valence-electron chi connectivity index (χ4n) is 4.76. The Bertz CT molecular complexity index is 1260. The summed E-state index contributed by atoms with van der Waals surface area (Å²) >= 11 is 0. The van der Waals surface area contributed by atoms with Crippen molar-refractivity contribution in [2.45, 2.75) is 24.1 Å². The smallest absolute Gasteiger partial charge is 0.406 e. The van der Waals surface area contributed by atoms with Gasteiger partial charge in [-0.3, -0.25) is 9.59 Å². The molecule has 0 saturated carbocycles. The molecule has 37 heavy (non-hydrogen) atoms. The van der Waals surface area contributed by atoms with Gasteiger partial charge >= 0.3 is 6.36 Å². The van der Waals surface area contributed by atoms with E-state index in [0.717, 1.165) is 12.8 Å². The number of sulfonamides is 1. The Hall–Kier alpha value is -3.38. The first kappa shape index (κ1) is 26.7. The van der Waals surface area contributed by atoms with Crippen LogP contribution in [0.4, 0.5) is 13.2 Å². The van der Waals surface area contributed by atoms with Gasteiger partial charge in [-0.1, -0.05) is 12.1 Å². The van der Waals surface area contributed by atoms with Gasteiger partial charge in [-0.15, -0.1) is 13.2 Å². The van der Waals surface area contributed by atoms with E-state index in [4.69, 9.17) is 5.14 Å². The average molecular weight is 538 g/mol. The van der Waals surface area contributed by atoms with E-state index in [1.54, 1.807) is 15.9 Å². The Balaban J connectivity index is 1.30. The highest BCUT2D eigenvalue weighted by Crippen LogP contribution is 2.33. The fraction of sp³-hybridized carbons (Fsp3) is 0.360. The summed E-state index contributed by atoms with van der Waals surface area (Å²) in [5, 5.41) is 5.11. The maximum atomic E-state index is 12.9. The first-order chi connectivity index (χ1) is 17.4. The molecule has 2 aromatic rings. The normalized spacial score (nSPS) is 20.5. The molecule has 2 aromatic carbocycles. The Morgan fingerprint density at radius 3 is 2.00 bits per heavy atom. The SMILES string of the molecule is NS(=O)(=O)c1ccc(C(=O)N2C[C@H]3CCN(C(=O)/C=C/c4ccc(OC(F)(F)F)cc4)CC[C@H]3C2)cc1. The number of rotatable bonds is 5. The van der Waals surface area contributed by atoms with Crippen LogP contribution in [0, 0.1) is 11.8 Å². The third kappa shape index (κ3) is 6.89. The molecule has 2 aliphatic heterocycles. The Morgan fingerprint density at radius 2 is 1.49 bits per heavy atom. The number of likely N-dealkylation sites (tertiary alicyclic amines) is 2. The molecule has 0 aromatic heterocycles. The number of alkyl halides is 3. The third-order valence-electron chi connectivity index (χ3n) is 6.68. The van der Waals surface area contributed by atoms with Gasteiger partial charge in [-0.2, -0.15) is 0 Å². The number of nitrogens with two attached hydrogens (primary N) is 1. The summed E-state index contributed by atoms with van der Waals surface area (Å²) in [5.74, 6) is -0.190. The number of carbonyl (C=O) groups is 2. The van der Waals surface area contributed by atoms with E-state index < -0.39 is 16.4 Å². The van der Waals surface area contributed by atoms with Crippen LogP contribution in [-0.2, 0) is 14.8 Å². The molecule has 2 atom stereocenters. The number of hydrogen-bond donors (Lipinski definition) is 1. The van der Waals surface area contributed by atoms with Crippen LogP contribution in [0.1, 0.15) is 28.8 Å². The van der Waals surface area contributed by atoms with Crippen molar-refractivity contribution in [2.24, 2.45) is 17.0 Å². The first-order valence-corrected chi connectivity index (χ1v) is 13.2. The second-order valence-electron chi connectivity index (χ2n) is 9.15. The zero-order valence-electron chi connectivity index (χ0n) is 19.7. The number of hydrogen-bond acceptors (Lipinski definition) is 5. The molecule has 2 saturated heterocycles. The van der Waals surface area contributed by atoms with Crippen molar-refractivity contribution in [1.29, 1.82) is 0 Å². The predicted octanol–water partition coefficient (Wildman–Crippen LogP) is 3.26. The Morgan fingerprint density at radius 1 is 0.919 bits per heavy atom. The van der Waals surface area contributed by atoms with E-state index in [9.17, 15) is 31.2 Å². The van der Waals surface area contributed by atoms with Gasteiger partial charge in [0.05, 0.1) is 4.90 Å². The van der Waals surface area contributed by atoms with Gasteiger partial charge in [0.25, 0.3) is 5.91 Å². The number of benzene rings is 2. The molecule has 12 heteroatoms. The van der Waals surface area contributed by atoms with Gasteiger partial charge in [0.2, 0.25) is 15.9 Å². The molecular formula is C25H26F3N3O5S. The third-order valence-corrected chi connectivity index (χ3v) is 7.61. The second-order valence-corrected chi connectivity index (χ2v) is 10.7. The summed E-state index contributed by atoms with van der Waals surface area (Å²) in [4.78, 5) is 29.1. The molecule has 2 aliphatic rings. The molecule has 2 fully saturated rings. The molecular weight excluding hydrogens is 511 g/mol. The van der Waals surface area contributed by atoms with Crippen LogP contribution in [-0.4, -0.2) is 62.6 Å². The van der Waals surface area contributed by atoms with E-state index in [-0.39, 0.29) is 34.3 Å². The molecule has 2 amide bonds. The zero-order valence-corrected chi connectivity index (χ0v) is 20.5. The molecule has 0 unspecified atom stereocenters. The van der Waals surface area contributed by atoms with Gasteiger partial charge in [0.1, 0.15) is 5.75 Å². The van der Waals surface area contributed by atoms with E-state index in [1.807, 2.05) is 0 Å². The van der Waals surface area contributed by atoms with Crippen LogP contribution in [0.25, 0.3) is 6.08 Å². The van der Waals surface area contributed by atoms with Crippen LogP contribution >= 0.6 is 0 Å². The van der Waals surface area contributed by atoms with Crippen molar-refractivity contribution in [3.8, 4) is 5.75 Å². The van der Waals surface area contributed by atoms with Crippen LogP contribution < -0.4 is 9.88 Å². The maximum absolute atomic E-state index is 12.9. The van der Waals surface area contributed by atoms with Crippen LogP contribution in [0.5, 0.6) is 5.75 Å². The topological polar surface area (TPSA) is 110 Å². The molecule has 2 N–H and O–H groups in total. The second kappa shape index (κ2) is 10.5. The number of fused-ring (bicyclic) bond motifs is 1. The summed E-state index contributed by atoms with van der Waals surface area (Å²) in [5.41, 5.74) is 0.963. The first-order valence-electron chi connectivity index (χ1n) is 11.6. The van der Waals surface area contributed by atoms with Crippen molar-refractivity contribution in [3.05, 3.63) is 65.7 Å². The van der Waals surface area contributed by atoms with Gasteiger partial charge in [-0.05, 0) is 72.7 Å². The van der Waals surface area contributed by atoms with Gasteiger partial charge in [0.15, 0.2) is 0 Å². The number of carbonyl (C=O) groups excluding carboxylic acids is 2. The van der Waals surface area contributed by atoms with Crippen molar-refractivity contribution < 1.29 is 35.9 Å². The fourth-order valence-corrected chi connectivity index (χ4v) is 5.27. The van der Waals surface area contributed by atoms with Gasteiger partial charge in [-0.25, -0.2) is 13.6 Å². The summed E-state index contributed by atoms with van der Waals surface area (Å²) in [6.45, 7) is 2.19. The highest BCUT2D eigenvalue weighted by atomic mass is 32.2. The van der Waals surface area contributed by atoms with Crippen molar-refractivity contribution in [1.82, 2.24) is 9.80 Å². The maximum Gasteiger partial charge on any atom is 0.573 e. The van der Waals surface area contributed by atoms with Crippen molar-refractivity contribution in [3.63, 3.8) is 0 Å². The lowest BCUT2D eigenvalue weighted by Crippen LogP contribution is -2.33. The minimum atomic E-state index is -4.76. The summed E-state index contributed by atoms with van der Waals surface area (Å²) in [6, 6.07) is 10.8. The van der Waals surface area contributed by atoms with Crippen molar-refractivity contribution >= 4 is 27.9 Å². The van der Waals surface area contributed by atoms with Crippen LogP contribution in [0.15, 0.2) is 59.5 Å². The van der Waals surface area contributed by atoms with Crippen molar-refractivity contribution in [2.75, 3.05) is 26.2 Å². The number of halogens is 3. The van der Waals surface area contributed by atoms with E-state index >= 15 is 0 Å². The standard InChI is InChI=1S/C25H26F3N3O5S/c26-25(27,28)36-21-6-1-17(2-7-21)3-10-23(32)30-13-11-19-15-31(16-20(19)12-14-30)24(33)18-4-8-22(9-5-18)37(29,34)35/h1-10,19-20H,11-16H2,(H2,29,34,35)/b10-3+/t19-,20+. The van der Waals surface area contributed by atoms with Crippen LogP contribution in [0.2, 0.25) is 0 Å². The highest BCUT2D eigenvalue weighted by Gasteiger charge is 2.37. The minimum absolute atomic E-state index is 0.0538. The number of primary sulfonamides is 1. The molecule has 8 nitrogen and oxygen atoms in total. The zero-order chi connectivity index (χ0) is 26.8. The number of amides is 2. The highest BCUT2D eigenvalue weighted by molar-refractivity contribution is 7.89. The van der Waals surface area contributed by atoms with E-state index in [1.165, 1.54) is 54.6 Å². The van der Waals surface area contributed by atoms with E-state index in [2.05, 4.69) is 4.74 Å². The summed E-state index contributed by atoms with van der Waals surface area (Å²) < 4.78 is 63.5.